The van der Waals surface area contributed by atoms with Crippen LogP contribution in [0.15, 0.2) is 0 Å². The van der Waals surface area contributed by atoms with E-state index in [1.54, 1.807) is 0 Å². The van der Waals surface area contributed by atoms with E-state index in [2.05, 4.69) is 23.8 Å². The highest BCUT2D eigenvalue weighted by Crippen LogP contribution is 2.08. The van der Waals surface area contributed by atoms with E-state index in [0.29, 0.717) is 6.04 Å². The molecule has 1 fully saturated rings. The van der Waals surface area contributed by atoms with Crippen LogP contribution in [0.25, 0.3) is 0 Å². The van der Waals surface area contributed by atoms with Gasteiger partial charge < -0.3 is 14.9 Å². The topological polar surface area (TPSA) is 26.7 Å². The van der Waals surface area contributed by atoms with Crippen LogP contribution in [0.1, 0.15) is 26.7 Å². The molecular weight excluding hydrogens is 176 g/mol. The van der Waals surface area contributed by atoms with Gasteiger partial charge in [-0.15, -0.1) is 0 Å². The first kappa shape index (κ1) is 12.0. The summed E-state index contributed by atoms with van der Waals surface area (Å²) in [6, 6.07) is 0.676. The number of likely N-dealkylation sites (N-methyl/N-ethyl adjacent to an activating group) is 1. The maximum Gasteiger partial charge on any atom is 0.0512 e. The van der Waals surface area contributed by atoms with E-state index in [1.807, 2.05) is 6.92 Å². The second-order valence-corrected chi connectivity index (χ2v) is 4.62. The summed E-state index contributed by atoms with van der Waals surface area (Å²) >= 11 is 0. The Morgan fingerprint density at radius 3 is 2.71 bits per heavy atom. The van der Waals surface area contributed by atoms with Gasteiger partial charge >= 0.3 is 0 Å². The molecule has 1 rings (SSSR count). The Bertz CT molecular complexity index is 161. The van der Waals surface area contributed by atoms with Gasteiger partial charge in [0.05, 0.1) is 6.10 Å². The van der Waals surface area contributed by atoms with Crippen molar-refractivity contribution in [3.05, 3.63) is 0 Å². The standard InChI is InChI=1S/C11H24N2O/c1-10-9-13(8-7-12(10)3)6-4-5-11(2)14/h10-11,14H,4-9H2,1-3H3. The Morgan fingerprint density at radius 2 is 2.14 bits per heavy atom. The molecule has 14 heavy (non-hydrogen) atoms. The molecule has 0 saturated carbocycles. The van der Waals surface area contributed by atoms with Crippen LogP contribution in [0.3, 0.4) is 0 Å². The molecule has 3 nitrogen and oxygen atoms in total. The second-order valence-electron chi connectivity index (χ2n) is 4.62. The van der Waals surface area contributed by atoms with Crippen molar-refractivity contribution in [2.24, 2.45) is 0 Å². The molecule has 0 aromatic carbocycles. The molecule has 1 aliphatic heterocycles. The molecule has 1 heterocycles. The SMILES string of the molecule is CC(O)CCCN1CCN(C)C(C)C1. The van der Waals surface area contributed by atoms with Crippen LogP contribution < -0.4 is 0 Å². The number of hydrogen-bond donors (Lipinski definition) is 1. The van der Waals surface area contributed by atoms with Crippen LogP contribution >= 0.6 is 0 Å². The summed E-state index contributed by atoms with van der Waals surface area (Å²) in [5, 5.41) is 9.15. The second kappa shape index (κ2) is 5.69. The quantitative estimate of drug-likeness (QED) is 0.726. The lowest BCUT2D eigenvalue weighted by atomic mass is 10.1. The van der Waals surface area contributed by atoms with E-state index in [4.69, 9.17) is 5.11 Å². The third kappa shape index (κ3) is 3.95. The molecule has 1 N–H and O–H groups in total. The number of aliphatic hydroxyl groups excluding tert-OH is 1. The maximum absolute atomic E-state index is 9.15. The third-order valence-electron chi connectivity index (χ3n) is 3.14. The van der Waals surface area contributed by atoms with Crippen LogP contribution in [-0.2, 0) is 0 Å². The van der Waals surface area contributed by atoms with Gasteiger partial charge in [-0.2, -0.15) is 0 Å². The lowest BCUT2D eigenvalue weighted by molar-refractivity contribution is 0.0983. The highest BCUT2D eigenvalue weighted by atomic mass is 16.3. The van der Waals surface area contributed by atoms with Crippen LogP contribution in [0.4, 0.5) is 0 Å². The van der Waals surface area contributed by atoms with Gasteiger partial charge in [0.25, 0.3) is 0 Å². The normalized spacial score (nSPS) is 27.9. The average molecular weight is 200 g/mol. The van der Waals surface area contributed by atoms with E-state index < -0.39 is 0 Å². The number of piperazine rings is 1. The summed E-state index contributed by atoms with van der Waals surface area (Å²) in [7, 11) is 2.19. The number of rotatable bonds is 4. The number of nitrogens with zero attached hydrogens (tertiary/aromatic N) is 2. The summed E-state index contributed by atoms with van der Waals surface area (Å²) in [6.07, 6.45) is 1.91. The number of hydrogen-bond acceptors (Lipinski definition) is 3. The van der Waals surface area contributed by atoms with E-state index in [0.717, 1.165) is 19.4 Å². The van der Waals surface area contributed by atoms with Crippen LogP contribution in [0, 0.1) is 0 Å². The molecule has 0 aromatic rings. The molecule has 1 aliphatic rings. The van der Waals surface area contributed by atoms with Gasteiger partial charge in [-0.05, 0) is 40.3 Å². The largest absolute Gasteiger partial charge is 0.393 e. The zero-order valence-corrected chi connectivity index (χ0v) is 9.74. The summed E-state index contributed by atoms with van der Waals surface area (Å²) in [4.78, 5) is 4.91. The predicted molar refractivity (Wildman–Crippen MR) is 59.4 cm³/mol. The fourth-order valence-electron chi connectivity index (χ4n) is 1.94. The molecular formula is C11H24N2O. The first-order valence-electron chi connectivity index (χ1n) is 5.70. The van der Waals surface area contributed by atoms with E-state index in [1.165, 1.54) is 19.6 Å². The third-order valence-corrected chi connectivity index (χ3v) is 3.14. The van der Waals surface area contributed by atoms with Crippen molar-refractivity contribution in [3.8, 4) is 0 Å². The van der Waals surface area contributed by atoms with Gasteiger partial charge in [0, 0.05) is 25.7 Å². The van der Waals surface area contributed by atoms with E-state index >= 15 is 0 Å². The van der Waals surface area contributed by atoms with Crippen molar-refractivity contribution in [2.45, 2.75) is 38.8 Å². The van der Waals surface area contributed by atoms with Crippen LogP contribution in [0.2, 0.25) is 0 Å². The number of aliphatic hydroxyl groups is 1. The highest BCUT2D eigenvalue weighted by molar-refractivity contribution is 4.76. The van der Waals surface area contributed by atoms with Gasteiger partial charge in [-0.25, -0.2) is 0 Å². The lowest BCUT2D eigenvalue weighted by Gasteiger charge is -2.37. The molecule has 0 aliphatic carbocycles. The molecule has 1 saturated heterocycles. The first-order valence-corrected chi connectivity index (χ1v) is 5.70. The minimum atomic E-state index is -0.139. The van der Waals surface area contributed by atoms with Crippen molar-refractivity contribution in [3.63, 3.8) is 0 Å². The molecule has 0 amide bonds. The Hall–Kier alpha value is -0.120. The van der Waals surface area contributed by atoms with Gasteiger partial charge in [0.2, 0.25) is 0 Å². The van der Waals surface area contributed by atoms with Crippen molar-refractivity contribution in [1.29, 1.82) is 0 Å². The summed E-state index contributed by atoms with van der Waals surface area (Å²) in [5.41, 5.74) is 0. The van der Waals surface area contributed by atoms with Crippen molar-refractivity contribution >= 4 is 0 Å². The van der Waals surface area contributed by atoms with Crippen LogP contribution in [-0.4, -0.2) is 60.3 Å². The zero-order chi connectivity index (χ0) is 10.6. The van der Waals surface area contributed by atoms with E-state index in [-0.39, 0.29) is 6.10 Å². The Kier molecular flexibility index (Phi) is 4.85. The maximum atomic E-state index is 9.15. The van der Waals surface area contributed by atoms with E-state index in [9.17, 15) is 0 Å². The molecule has 0 radical (unpaired) electrons. The molecule has 2 unspecified atom stereocenters. The van der Waals surface area contributed by atoms with Crippen molar-refractivity contribution in [1.82, 2.24) is 9.80 Å². The molecule has 3 heteroatoms. The minimum absolute atomic E-state index is 0.139. The molecule has 84 valence electrons. The molecule has 2 atom stereocenters. The van der Waals surface area contributed by atoms with Crippen molar-refractivity contribution < 1.29 is 5.11 Å². The average Bonchev–Trinajstić information content (AvgIpc) is 2.10. The van der Waals surface area contributed by atoms with Gasteiger partial charge in [-0.1, -0.05) is 0 Å². The van der Waals surface area contributed by atoms with Gasteiger partial charge in [0.1, 0.15) is 0 Å². The smallest absolute Gasteiger partial charge is 0.0512 e. The summed E-state index contributed by atoms with van der Waals surface area (Å²) < 4.78 is 0. The fraction of sp³-hybridized carbons (Fsp3) is 1.00. The Labute approximate surface area is 87.7 Å². The zero-order valence-electron chi connectivity index (χ0n) is 9.74. The minimum Gasteiger partial charge on any atom is -0.393 e. The fourth-order valence-corrected chi connectivity index (χ4v) is 1.94. The van der Waals surface area contributed by atoms with Gasteiger partial charge in [0.15, 0.2) is 0 Å². The summed E-state index contributed by atoms with van der Waals surface area (Å²) in [5.74, 6) is 0. The predicted octanol–water partition coefficient (Wildman–Crippen LogP) is 0.783. The van der Waals surface area contributed by atoms with Gasteiger partial charge in [-0.3, -0.25) is 0 Å². The lowest BCUT2D eigenvalue weighted by Crippen LogP contribution is -2.50. The van der Waals surface area contributed by atoms with Crippen molar-refractivity contribution in [2.75, 3.05) is 33.2 Å². The Morgan fingerprint density at radius 1 is 1.43 bits per heavy atom. The monoisotopic (exact) mass is 200 g/mol. The molecule has 0 spiro atoms. The Balaban J connectivity index is 2.13. The molecule has 0 bridgehead atoms. The first-order chi connectivity index (χ1) is 6.59. The van der Waals surface area contributed by atoms with Crippen LogP contribution in [0.5, 0.6) is 0 Å². The highest BCUT2D eigenvalue weighted by Gasteiger charge is 2.19. The molecule has 0 aromatic heterocycles. The summed E-state index contributed by atoms with van der Waals surface area (Å²) in [6.45, 7) is 8.82.